The first-order valence-corrected chi connectivity index (χ1v) is 23.0. The molecule has 0 aliphatic carbocycles. The Morgan fingerprint density at radius 1 is 0.254 bits per heavy atom. The summed E-state index contributed by atoms with van der Waals surface area (Å²) in [7, 11) is 0. The topological polar surface area (TPSA) is 13.1 Å². The molecular formula is C64H43N3. The van der Waals surface area contributed by atoms with Crippen LogP contribution in [0, 0.1) is 0 Å². The van der Waals surface area contributed by atoms with Crippen LogP contribution in [-0.4, -0.2) is 9.13 Å². The number of nitrogens with zero attached hydrogens (tertiary/aromatic N) is 3. The van der Waals surface area contributed by atoms with Crippen molar-refractivity contribution in [2.45, 2.75) is 0 Å². The highest BCUT2D eigenvalue weighted by Gasteiger charge is 2.24. The van der Waals surface area contributed by atoms with Crippen molar-refractivity contribution in [2.24, 2.45) is 0 Å². The highest BCUT2D eigenvalue weighted by molar-refractivity contribution is 6.17. The van der Waals surface area contributed by atoms with Gasteiger partial charge in [0.25, 0.3) is 0 Å². The number of aromatic nitrogens is 2. The van der Waals surface area contributed by atoms with Crippen molar-refractivity contribution in [3.8, 4) is 44.8 Å². The minimum absolute atomic E-state index is 1.07. The molecule has 314 valence electrons. The van der Waals surface area contributed by atoms with Crippen LogP contribution in [0.3, 0.4) is 0 Å². The van der Waals surface area contributed by atoms with Crippen LogP contribution in [0.4, 0.5) is 17.1 Å². The van der Waals surface area contributed by atoms with Gasteiger partial charge in [-0.25, -0.2) is 0 Å². The maximum atomic E-state index is 2.47. The Morgan fingerprint density at radius 2 is 0.687 bits per heavy atom. The van der Waals surface area contributed by atoms with Crippen molar-refractivity contribution in [2.75, 3.05) is 4.90 Å². The van der Waals surface area contributed by atoms with Gasteiger partial charge in [-0.05, 0) is 111 Å². The number of hydrogen-bond donors (Lipinski definition) is 0. The summed E-state index contributed by atoms with van der Waals surface area (Å²) in [5.74, 6) is 0. The zero-order chi connectivity index (χ0) is 44.3. The summed E-state index contributed by atoms with van der Waals surface area (Å²) in [4.78, 5) is 2.47. The molecule has 0 amide bonds. The Bertz CT molecular complexity index is 3900. The van der Waals surface area contributed by atoms with E-state index in [2.05, 4.69) is 275 Å². The van der Waals surface area contributed by atoms with Gasteiger partial charge in [-0.2, -0.15) is 0 Å². The summed E-state index contributed by atoms with van der Waals surface area (Å²) in [5.41, 5.74) is 17.4. The number of fused-ring (bicyclic) bond motifs is 7. The van der Waals surface area contributed by atoms with Crippen molar-refractivity contribution >= 4 is 71.4 Å². The lowest BCUT2D eigenvalue weighted by molar-refractivity contribution is 1.18. The summed E-state index contributed by atoms with van der Waals surface area (Å²) in [6, 6.07) is 94.9. The second kappa shape index (κ2) is 16.0. The predicted molar refractivity (Wildman–Crippen MR) is 284 cm³/mol. The van der Waals surface area contributed by atoms with Crippen LogP contribution < -0.4 is 4.90 Å². The van der Waals surface area contributed by atoms with E-state index in [4.69, 9.17) is 0 Å². The first-order valence-electron chi connectivity index (χ1n) is 23.0. The molecule has 0 fully saturated rings. The molecule has 13 rings (SSSR count). The minimum atomic E-state index is 1.07. The fourth-order valence-corrected chi connectivity index (χ4v) is 10.6. The van der Waals surface area contributed by atoms with Gasteiger partial charge in [0.05, 0.1) is 33.4 Å². The fraction of sp³-hybridized carbons (Fsp3) is 0. The molecule has 3 heteroatoms. The Balaban J connectivity index is 1.01. The van der Waals surface area contributed by atoms with Gasteiger partial charge < -0.3 is 14.0 Å². The molecular weight excluding hydrogens is 811 g/mol. The molecule has 3 nitrogen and oxygen atoms in total. The maximum absolute atomic E-state index is 2.47. The maximum Gasteiger partial charge on any atom is 0.0562 e. The van der Waals surface area contributed by atoms with Crippen molar-refractivity contribution in [3.05, 3.63) is 261 Å². The van der Waals surface area contributed by atoms with Crippen LogP contribution in [0.25, 0.3) is 99.1 Å². The van der Waals surface area contributed by atoms with Crippen molar-refractivity contribution in [3.63, 3.8) is 0 Å². The summed E-state index contributed by atoms with van der Waals surface area (Å²) in [5, 5.41) is 7.40. The van der Waals surface area contributed by atoms with Crippen molar-refractivity contribution < 1.29 is 0 Å². The van der Waals surface area contributed by atoms with E-state index in [1.54, 1.807) is 0 Å². The summed E-state index contributed by atoms with van der Waals surface area (Å²) >= 11 is 0. The van der Waals surface area contributed by atoms with Gasteiger partial charge in [0, 0.05) is 44.2 Å². The van der Waals surface area contributed by atoms with Gasteiger partial charge in [-0.3, -0.25) is 0 Å². The predicted octanol–water partition coefficient (Wildman–Crippen LogP) is 17.5. The highest BCUT2D eigenvalue weighted by atomic mass is 15.2. The molecule has 0 aliphatic rings. The fourth-order valence-electron chi connectivity index (χ4n) is 10.6. The summed E-state index contributed by atoms with van der Waals surface area (Å²) < 4.78 is 4.79. The standard InChI is InChI=1S/C64H43N3/c1-3-18-44(19-4-1)52-28-15-20-47-21-16-29-53(63(47)52)46-38-42-50(43-39-46)67(62-35-17-34-61-64(62)56-27-10-14-33-60(56)66(61)48-22-5-2-6-23-48)57-30-11-7-24-51(57)45-36-40-49(41-37-45)65-58-31-12-8-25-54(58)55-26-9-13-32-59(55)65/h1-43H. The molecule has 0 atom stereocenters. The monoisotopic (exact) mass is 853 g/mol. The molecule has 0 saturated carbocycles. The third-order valence-electron chi connectivity index (χ3n) is 13.5. The average Bonchev–Trinajstić information content (AvgIpc) is 3.93. The largest absolute Gasteiger partial charge is 0.309 e. The minimum Gasteiger partial charge on any atom is -0.309 e. The van der Waals surface area contributed by atoms with Crippen LogP contribution in [0.2, 0.25) is 0 Å². The smallest absolute Gasteiger partial charge is 0.0562 e. The number of hydrogen-bond acceptors (Lipinski definition) is 1. The van der Waals surface area contributed by atoms with Crippen LogP contribution in [-0.2, 0) is 0 Å². The zero-order valence-electron chi connectivity index (χ0n) is 36.7. The summed E-state index contributed by atoms with van der Waals surface area (Å²) in [6.07, 6.45) is 0. The van der Waals surface area contributed by atoms with Gasteiger partial charge in [0.1, 0.15) is 0 Å². The molecule has 0 radical (unpaired) electrons. The molecule has 0 saturated heterocycles. The summed E-state index contributed by atoms with van der Waals surface area (Å²) in [6.45, 7) is 0. The molecule has 0 N–H and O–H groups in total. The van der Waals surface area contributed by atoms with Crippen LogP contribution >= 0.6 is 0 Å². The van der Waals surface area contributed by atoms with Crippen molar-refractivity contribution in [1.29, 1.82) is 0 Å². The first kappa shape index (κ1) is 38.5. The van der Waals surface area contributed by atoms with Crippen LogP contribution in [0.5, 0.6) is 0 Å². The number of anilines is 3. The van der Waals surface area contributed by atoms with E-state index in [0.29, 0.717) is 0 Å². The van der Waals surface area contributed by atoms with Crippen LogP contribution in [0.1, 0.15) is 0 Å². The molecule has 0 aliphatic heterocycles. The molecule has 0 spiro atoms. The molecule has 0 bridgehead atoms. The van der Waals surface area contributed by atoms with E-state index in [1.165, 1.54) is 71.1 Å². The molecule has 2 heterocycles. The van der Waals surface area contributed by atoms with Gasteiger partial charge in [-0.1, -0.05) is 188 Å². The van der Waals surface area contributed by atoms with Gasteiger partial charge in [-0.15, -0.1) is 0 Å². The first-order chi connectivity index (χ1) is 33.3. The van der Waals surface area contributed by atoms with Gasteiger partial charge >= 0.3 is 0 Å². The molecule has 67 heavy (non-hydrogen) atoms. The van der Waals surface area contributed by atoms with E-state index in [0.717, 1.165) is 45.1 Å². The number of para-hydroxylation sites is 5. The Labute approximate surface area is 389 Å². The van der Waals surface area contributed by atoms with Crippen molar-refractivity contribution in [1.82, 2.24) is 9.13 Å². The Kier molecular flexibility index (Phi) is 9.17. The SMILES string of the molecule is c1ccc(-c2cccc3cccc(-c4ccc(N(c5ccccc5-c5ccc(-n6c7ccccc7c7ccccc76)cc5)c5cccc6c5c5ccccc5n6-c5ccccc5)cc4)c23)cc1. The van der Waals surface area contributed by atoms with E-state index >= 15 is 0 Å². The van der Waals surface area contributed by atoms with E-state index < -0.39 is 0 Å². The Hall–Kier alpha value is -8.92. The lowest BCUT2D eigenvalue weighted by atomic mass is 9.91. The zero-order valence-corrected chi connectivity index (χ0v) is 36.7. The molecule has 11 aromatic carbocycles. The normalized spacial score (nSPS) is 11.6. The highest BCUT2D eigenvalue weighted by Crippen LogP contribution is 2.47. The molecule has 2 aromatic heterocycles. The van der Waals surface area contributed by atoms with E-state index in [1.807, 2.05) is 0 Å². The number of rotatable bonds is 8. The Morgan fingerprint density at radius 3 is 1.36 bits per heavy atom. The van der Waals surface area contributed by atoms with Gasteiger partial charge in [0.2, 0.25) is 0 Å². The van der Waals surface area contributed by atoms with Crippen LogP contribution in [0.15, 0.2) is 261 Å². The molecule has 0 unspecified atom stereocenters. The second-order valence-electron chi connectivity index (χ2n) is 17.3. The lowest BCUT2D eigenvalue weighted by Crippen LogP contribution is -2.11. The second-order valence-corrected chi connectivity index (χ2v) is 17.3. The lowest BCUT2D eigenvalue weighted by Gasteiger charge is -2.29. The number of benzene rings is 11. The van der Waals surface area contributed by atoms with Gasteiger partial charge in [0.15, 0.2) is 0 Å². The quantitative estimate of drug-likeness (QED) is 0.148. The molecule has 13 aromatic rings. The third-order valence-corrected chi connectivity index (χ3v) is 13.5. The third kappa shape index (κ3) is 6.35. The van der Waals surface area contributed by atoms with E-state index in [9.17, 15) is 0 Å². The van der Waals surface area contributed by atoms with E-state index in [-0.39, 0.29) is 0 Å². The average molecular weight is 854 g/mol.